The zero-order valence-electron chi connectivity index (χ0n) is 9.34. The van der Waals surface area contributed by atoms with E-state index in [4.69, 9.17) is 5.11 Å². The van der Waals surface area contributed by atoms with Gasteiger partial charge in [-0.2, -0.15) is 0 Å². The Bertz CT molecular complexity index is 556. The molecule has 3 heteroatoms. The zero-order chi connectivity index (χ0) is 12.4. The van der Waals surface area contributed by atoms with Crippen LogP contribution in [0.25, 0.3) is 11.1 Å². The van der Waals surface area contributed by atoms with Crippen LogP contribution in [-0.2, 0) is 0 Å². The van der Waals surface area contributed by atoms with E-state index in [1.54, 1.807) is 30.3 Å². The second-order valence-electron chi connectivity index (χ2n) is 3.88. The van der Waals surface area contributed by atoms with Crippen molar-refractivity contribution in [2.24, 2.45) is 0 Å². The molecule has 86 valence electrons. The van der Waals surface area contributed by atoms with Crippen molar-refractivity contribution in [1.82, 2.24) is 0 Å². The first-order chi connectivity index (χ1) is 8.08. The zero-order valence-corrected chi connectivity index (χ0v) is 9.34. The van der Waals surface area contributed by atoms with Gasteiger partial charge in [0.2, 0.25) is 0 Å². The van der Waals surface area contributed by atoms with E-state index >= 15 is 0 Å². The predicted octanol–water partition coefficient (Wildman–Crippen LogP) is 3.07. The largest absolute Gasteiger partial charge is 0.508 e. The van der Waals surface area contributed by atoms with Crippen LogP contribution in [0.5, 0.6) is 5.75 Å². The van der Waals surface area contributed by atoms with Crippen molar-refractivity contribution in [2.75, 3.05) is 0 Å². The molecule has 0 unspecified atom stereocenters. The molecule has 17 heavy (non-hydrogen) atoms. The molecule has 2 aromatic carbocycles. The molecule has 0 radical (unpaired) electrons. The molecule has 0 saturated carbocycles. The standard InChI is InChI=1S/C14H12O3/c1-9-2-3-12(8-13(9)15)10-4-6-11(7-5-10)14(16)17/h2-8,15H,1H3,(H,16,17). The average molecular weight is 228 g/mol. The number of benzene rings is 2. The molecular formula is C14H12O3. The highest BCUT2D eigenvalue weighted by molar-refractivity contribution is 5.88. The molecular weight excluding hydrogens is 216 g/mol. The maximum Gasteiger partial charge on any atom is 0.335 e. The van der Waals surface area contributed by atoms with Crippen molar-refractivity contribution in [3.8, 4) is 16.9 Å². The van der Waals surface area contributed by atoms with Crippen molar-refractivity contribution in [3.05, 3.63) is 53.6 Å². The summed E-state index contributed by atoms with van der Waals surface area (Å²) >= 11 is 0. The molecule has 2 rings (SSSR count). The molecule has 0 amide bonds. The van der Waals surface area contributed by atoms with Gasteiger partial charge in [0.15, 0.2) is 0 Å². The Kier molecular flexibility index (Phi) is 2.83. The highest BCUT2D eigenvalue weighted by Gasteiger charge is 2.04. The summed E-state index contributed by atoms with van der Waals surface area (Å²) in [6, 6.07) is 12.0. The second kappa shape index (κ2) is 4.29. The van der Waals surface area contributed by atoms with Gasteiger partial charge in [-0.1, -0.05) is 24.3 Å². The fourth-order valence-electron chi connectivity index (χ4n) is 1.59. The first kappa shape index (κ1) is 11.2. The molecule has 3 nitrogen and oxygen atoms in total. The highest BCUT2D eigenvalue weighted by atomic mass is 16.4. The number of rotatable bonds is 2. The first-order valence-electron chi connectivity index (χ1n) is 5.21. The number of aromatic carboxylic acids is 1. The summed E-state index contributed by atoms with van der Waals surface area (Å²) in [7, 11) is 0. The fraction of sp³-hybridized carbons (Fsp3) is 0.0714. The quantitative estimate of drug-likeness (QED) is 0.830. The maximum atomic E-state index is 10.7. The molecule has 0 heterocycles. The van der Waals surface area contributed by atoms with Crippen LogP contribution in [0.1, 0.15) is 15.9 Å². The molecule has 0 aliphatic rings. The van der Waals surface area contributed by atoms with Crippen LogP contribution in [-0.4, -0.2) is 16.2 Å². The maximum absolute atomic E-state index is 10.7. The fourth-order valence-corrected chi connectivity index (χ4v) is 1.59. The van der Waals surface area contributed by atoms with Crippen LogP contribution in [0, 0.1) is 6.92 Å². The van der Waals surface area contributed by atoms with E-state index in [0.717, 1.165) is 16.7 Å². The Balaban J connectivity index is 2.39. The number of aryl methyl sites for hydroxylation is 1. The third-order valence-corrected chi connectivity index (χ3v) is 2.67. The van der Waals surface area contributed by atoms with E-state index in [9.17, 15) is 9.90 Å². The highest BCUT2D eigenvalue weighted by Crippen LogP contribution is 2.26. The molecule has 0 spiro atoms. The number of aromatic hydroxyl groups is 1. The minimum absolute atomic E-state index is 0.241. The SMILES string of the molecule is Cc1ccc(-c2ccc(C(=O)O)cc2)cc1O. The van der Waals surface area contributed by atoms with E-state index in [1.807, 2.05) is 19.1 Å². The topological polar surface area (TPSA) is 57.5 Å². The Morgan fingerprint density at radius 1 is 1.00 bits per heavy atom. The molecule has 0 aliphatic carbocycles. The Morgan fingerprint density at radius 2 is 1.59 bits per heavy atom. The number of phenols is 1. The summed E-state index contributed by atoms with van der Waals surface area (Å²) in [5.41, 5.74) is 2.82. The van der Waals surface area contributed by atoms with Crippen LogP contribution in [0.15, 0.2) is 42.5 Å². The Hall–Kier alpha value is -2.29. The van der Waals surface area contributed by atoms with Gasteiger partial charge in [-0.25, -0.2) is 4.79 Å². The van der Waals surface area contributed by atoms with Crippen LogP contribution in [0.3, 0.4) is 0 Å². The summed E-state index contributed by atoms with van der Waals surface area (Å²) in [4.78, 5) is 10.7. The minimum atomic E-state index is -0.941. The van der Waals surface area contributed by atoms with Gasteiger partial charge in [0.1, 0.15) is 5.75 Å². The summed E-state index contributed by atoms with van der Waals surface area (Å²) in [5, 5.41) is 18.4. The first-order valence-corrected chi connectivity index (χ1v) is 5.21. The van der Waals surface area contributed by atoms with Crippen molar-refractivity contribution in [3.63, 3.8) is 0 Å². The minimum Gasteiger partial charge on any atom is -0.508 e. The Labute approximate surface area is 99.0 Å². The lowest BCUT2D eigenvalue weighted by Crippen LogP contribution is -1.94. The van der Waals surface area contributed by atoms with Gasteiger partial charge >= 0.3 is 5.97 Å². The van der Waals surface area contributed by atoms with Crippen LogP contribution in [0.4, 0.5) is 0 Å². The number of hydrogen-bond acceptors (Lipinski definition) is 2. The molecule has 0 bridgehead atoms. The van der Waals surface area contributed by atoms with E-state index < -0.39 is 5.97 Å². The second-order valence-corrected chi connectivity index (χ2v) is 3.88. The van der Waals surface area contributed by atoms with Crippen molar-refractivity contribution in [1.29, 1.82) is 0 Å². The monoisotopic (exact) mass is 228 g/mol. The third-order valence-electron chi connectivity index (χ3n) is 2.67. The van der Waals surface area contributed by atoms with E-state index in [2.05, 4.69) is 0 Å². The smallest absolute Gasteiger partial charge is 0.335 e. The van der Waals surface area contributed by atoms with Gasteiger partial charge in [-0.05, 0) is 41.8 Å². The lowest BCUT2D eigenvalue weighted by Gasteiger charge is -2.05. The summed E-state index contributed by atoms with van der Waals surface area (Å²) < 4.78 is 0. The lowest BCUT2D eigenvalue weighted by atomic mass is 10.0. The van der Waals surface area contributed by atoms with Crippen LogP contribution < -0.4 is 0 Å². The van der Waals surface area contributed by atoms with E-state index in [0.29, 0.717) is 0 Å². The lowest BCUT2D eigenvalue weighted by molar-refractivity contribution is 0.0697. The number of hydrogen-bond donors (Lipinski definition) is 2. The van der Waals surface area contributed by atoms with Crippen molar-refractivity contribution < 1.29 is 15.0 Å². The molecule has 0 fully saturated rings. The number of carboxylic acids is 1. The molecule has 2 aromatic rings. The molecule has 0 saturated heterocycles. The van der Waals surface area contributed by atoms with Crippen molar-refractivity contribution >= 4 is 5.97 Å². The molecule has 0 aliphatic heterocycles. The van der Waals surface area contributed by atoms with Crippen LogP contribution >= 0.6 is 0 Å². The molecule has 2 N–H and O–H groups in total. The predicted molar refractivity (Wildman–Crippen MR) is 65.2 cm³/mol. The van der Waals surface area contributed by atoms with Gasteiger partial charge in [-0.3, -0.25) is 0 Å². The molecule has 0 atom stereocenters. The van der Waals surface area contributed by atoms with Gasteiger partial charge < -0.3 is 10.2 Å². The normalized spacial score (nSPS) is 10.2. The van der Waals surface area contributed by atoms with E-state index in [1.165, 1.54) is 0 Å². The molecule has 0 aromatic heterocycles. The summed E-state index contributed by atoms with van der Waals surface area (Å²) in [5.74, 6) is -0.701. The van der Waals surface area contributed by atoms with Gasteiger partial charge in [0.05, 0.1) is 5.56 Å². The third kappa shape index (κ3) is 2.28. The summed E-state index contributed by atoms with van der Waals surface area (Å²) in [6.07, 6.45) is 0. The number of phenolic OH excluding ortho intramolecular Hbond substituents is 1. The number of carbonyl (C=O) groups is 1. The average Bonchev–Trinajstić information content (AvgIpc) is 2.33. The summed E-state index contributed by atoms with van der Waals surface area (Å²) in [6.45, 7) is 1.83. The van der Waals surface area contributed by atoms with E-state index in [-0.39, 0.29) is 11.3 Å². The van der Waals surface area contributed by atoms with Crippen molar-refractivity contribution in [2.45, 2.75) is 6.92 Å². The van der Waals surface area contributed by atoms with Gasteiger partial charge in [0, 0.05) is 0 Å². The van der Waals surface area contributed by atoms with Crippen LogP contribution in [0.2, 0.25) is 0 Å². The number of carboxylic acid groups (broad SMARTS) is 1. The Morgan fingerprint density at radius 3 is 2.12 bits per heavy atom. The van der Waals surface area contributed by atoms with Gasteiger partial charge in [-0.15, -0.1) is 0 Å². The van der Waals surface area contributed by atoms with Gasteiger partial charge in [0.25, 0.3) is 0 Å².